The van der Waals surface area contributed by atoms with Crippen LogP contribution in [0.1, 0.15) is 20.3 Å². The predicted molar refractivity (Wildman–Crippen MR) is 49.2 cm³/mol. The van der Waals surface area contributed by atoms with Gasteiger partial charge in [0.25, 0.3) is 0 Å². The highest BCUT2D eigenvalue weighted by molar-refractivity contribution is 5.33. The first-order chi connectivity index (χ1) is 5.77. The largest absolute Gasteiger partial charge is 0.354 e. The molecule has 0 radical (unpaired) electrons. The van der Waals surface area contributed by atoms with Crippen molar-refractivity contribution in [2.75, 3.05) is 18.0 Å². The smallest absolute Gasteiger partial charge is 0.171 e. The maximum atomic E-state index is 4.04. The number of aryl methyl sites for hydroxylation is 1. The summed E-state index contributed by atoms with van der Waals surface area (Å²) in [6.45, 7) is 6.34. The van der Waals surface area contributed by atoms with Gasteiger partial charge in [0, 0.05) is 20.1 Å². The highest BCUT2D eigenvalue weighted by Gasteiger charge is 2.05. The molecule has 0 aliphatic carbocycles. The van der Waals surface area contributed by atoms with E-state index in [1.54, 1.807) is 4.68 Å². The van der Waals surface area contributed by atoms with Crippen LogP contribution < -0.4 is 4.90 Å². The molecule has 4 nitrogen and oxygen atoms in total. The van der Waals surface area contributed by atoms with Crippen LogP contribution >= 0.6 is 0 Å². The van der Waals surface area contributed by atoms with Crippen LogP contribution in [-0.2, 0) is 7.05 Å². The van der Waals surface area contributed by atoms with Gasteiger partial charge >= 0.3 is 0 Å². The molecule has 1 aromatic rings. The summed E-state index contributed by atoms with van der Waals surface area (Å²) < 4.78 is 1.73. The monoisotopic (exact) mass is 168 g/mol. The van der Waals surface area contributed by atoms with Gasteiger partial charge in [-0.2, -0.15) is 0 Å². The van der Waals surface area contributed by atoms with Crippen molar-refractivity contribution in [2.45, 2.75) is 20.3 Å². The van der Waals surface area contributed by atoms with Gasteiger partial charge in [-0.25, -0.2) is 0 Å². The van der Waals surface area contributed by atoms with Gasteiger partial charge < -0.3 is 4.90 Å². The molecule has 12 heavy (non-hydrogen) atoms. The molecule has 0 unspecified atom stereocenters. The summed E-state index contributed by atoms with van der Waals surface area (Å²) in [5, 5.41) is 7.94. The van der Waals surface area contributed by atoms with Gasteiger partial charge in [-0.15, -0.1) is 5.10 Å². The van der Waals surface area contributed by atoms with Crippen molar-refractivity contribution in [1.82, 2.24) is 15.0 Å². The molecule has 4 heteroatoms. The Balaban J connectivity index is 2.66. The number of aromatic nitrogens is 3. The molecule has 0 aliphatic heterocycles. The number of hydrogen-bond acceptors (Lipinski definition) is 3. The van der Waals surface area contributed by atoms with Crippen LogP contribution in [0.2, 0.25) is 0 Å². The minimum Gasteiger partial charge on any atom is -0.354 e. The van der Waals surface area contributed by atoms with Crippen molar-refractivity contribution in [3.05, 3.63) is 6.20 Å². The van der Waals surface area contributed by atoms with Gasteiger partial charge in [0.05, 0.1) is 6.20 Å². The van der Waals surface area contributed by atoms with Crippen LogP contribution in [0.5, 0.6) is 0 Å². The molecule has 0 fully saturated rings. The molecule has 0 spiro atoms. The third kappa shape index (κ3) is 1.96. The lowest BCUT2D eigenvalue weighted by molar-refractivity contribution is 0.712. The fraction of sp³-hybridized carbons (Fsp3) is 0.750. The Labute approximate surface area is 73.2 Å². The van der Waals surface area contributed by atoms with Crippen LogP contribution in [0.25, 0.3) is 0 Å². The molecule has 0 bridgehead atoms. The summed E-state index contributed by atoms with van der Waals surface area (Å²) in [6, 6.07) is 0. The summed E-state index contributed by atoms with van der Waals surface area (Å²) in [4.78, 5) is 2.22. The lowest BCUT2D eigenvalue weighted by atomic mass is 10.4. The first-order valence-corrected chi connectivity index (χ1v) is 4.39. The Morgan fingerprint density at radius 2 is 2.25 bits per heavy atom. The molecule has 68 valence electrons. The lowest BCUT2D eigenvalue weighted by Crippen LogP contribution is -2.23. The zero-order valence-electron chi connectivity index (χ0n) is 7.99. The van der Waals surface area contributed by atoms with Crippen molar-refractivity contribution >= 4 is 5.82 Å². The van der Waals surface area contributed by atoms with E-state index in [1.165, 1.54) is 0 Å². The summed E-state index contributed by atoms with van der Waals surface area (Å²) in [5.41, 5.74) is 0. The van der Waals surface area contributed by atoms with Gasteiger partial charge in [0.2, 0.25) is 0 Å². The van der Waals surface area contributed by atoms with Gasteiger partial charge in [-0.05, 0) is 13.3 Å². The van der Waals surface area contributed by atoms with E-state index in [4.69, 9.17) is 0 Å². The van der Waals surface area contributed by atoms with Crippen molar-refractivity contribution in [3.63, 3.8) is 0 Å². The summed E-state index contributed by atoms with van der Waals surface area (Å²) in [6.07, 6.45) is 3.09. The summed E-state index contributed by atoms with van der Waals surface area (Å²) >= 11 is 0. The van der Waals surface area contributed by atoms with E-state index >= 15 is 0 Å². The second-order valence-corrected chi connectivity index (χ2v) is 2.83. The summed E-state index contributed by atoms with van der Waals surface area (Å²) in [5.74, 6) is 0.974. The maximum absolute atomic E-state index is 4.04. The fourth-order valence-corrected chi connectivity index (χ4v) is 1.18. The average Bonchev–Trinajstić information content (AvgIpc) is 2.47. The fourth-order valence-electron chi connectivity index (χ4n) is 1.18. The molecule has 1 heterocycles. The van der Waals surface area contributed by atoms with Crippen LogP contribution in [-0.4, -0.2) is 28.1 Å². The molecule has 0 amide bonds. The molecule has 1 aromatic heterocycles. The highest BCUT2D eigenvalue weighted by atomic mass is 15.4. The Morgan fingerprint density at radius 1 is 1.50 bits per heavy atom. The Bertz CT molecular complexity index is 231. The molecule has 0 saturated heterocycles. The van der Waals surface area contributed by atoms with Crippen molar-refractivity contribution < 1.29 is 0 Å². The molecule has 1 rings (SSSR count). The number of hydrogen-bond donors (Lipinski definition) is 0. The number of anilines is 1. The Kier molecular flexibility index (Phi) is 3.08. The normalized spacial score (nSPS) is 10.2. The van der Waals surface area contributed by atoms with E-state index in [9.17, 15) is 0 Å². The molecule has 0 N–H and O–H groups in total. The van der Waals surface area contributed by atoms with Crippen LogP contribution in [0.4, 0.5) is 5.82 Å². The summed E-state index contributed by atoms with van der Waals surface area (Å²) in [7, 11) is 1.89. The zero-order valence-corrected chi connectivity index (χ0v) is 7.99. The van der Waals surface area contributed by atoms with Gasteiger partial charge in [0.1, 0.15) is 0 Å². The van der Waals surface area contributed by atoms with E-state index < -0.39 is 0 Å². The molecular weight excluding hydrogens is 152 g/mol. The van der Waals surface area contributed by atoms with E-state index in [-0.39, 0.29) is 0 Å². The SMILES string of the molecule is CCCN(CC)c1cn(C)nn1. The average molecular weight is 168 g/mol. The van der Waals surface area contributed by atoms with Gasteiger partial charge in [0.15, 0.2) is 5.82 Å². The van der Waals surface area contributed by atoms with E-state index in [0.717, 1.165) is 25.3 Å². The van der Waals surface area contributed by atoms with Crippen molar-refractivity contribution in [2.24, 2.45) is 7.05 Å². The van der Waals surface area contributed by atoms with E-state index in [0.29, 0.717) is 0 Å². The Hall–Kier alpha value is -1.06. The quantitative estimate of drug-likeness (QED) is 0.674. The zero-order chi connectivity index (χ0) is 8.97. The van der Waals surface area contributed by atoms with Crippen LogP contribution in [0.15, 0.2) is 6.20 Å². The van der Waals surface area contributed by atoms with Crippen LogP contribution in [0.3, 0.4) is 0 Å². The van der Waals surface area contributed by atoms with E-state index in [1.807, 2.05) is 13.2 Å². The second-order valence-electron chi connectivity index (χ2n) is 2.83. The van der Waals surface area contributed by atoms with Crippen LogP contribution in [0, 0.1) is 0 Å². The highest BCUT2D eigenvalue weighted by Crippen LogP contribution is 2.07. The molecular formula is C8H16N4. The minimum absolute atomic E-state index is 0.974. The molecule has 0 aromatic carbocycles. The van der Waals surface area contributed by atoms with Gasteiger partial charge in [-0.3, -0.25) is 4.68 Å². The second kappa shape index (κ2) is 4.09. The molecule has 0 atom stereocenters. The van der Waals surface area contributed by atoms with Crippen molar-refractivity contribution in [1.29, 1.82) is 0 Å². The first-order valence-electron chi connectivity index (χ1n) is 4.39. The van der Waals surface area contributed by atoms with Gasteiger partial charge in [-0.1, -0.05) is 12.1 Å². The Morgan fingerprint density at radius 3 is 2.67 bits per heavy atom. The van der Waals surface area contributed by atoms with Crippen molar-refractivity contribution in [3.8, 4) is 0 Å². The minimum atomic E-state index is 0.974. The first kappa shape index (κ1) is 9.03. The topological polar surface area (TPSA) is 34.0 Å². The molecule has 0 aliphatic rings. The lowest BCUT2D eigenvalue weighted by Gasteiger charge is -2.17. The molecule has 0 saturated carbocycles. The number of nitrogens with zero attached hydrogens (tertiary/aromatic N) is 4. The third-order valence-corrected chi connectivity index (χ3v) is 1.79. The third-order valence-electron chi connectivity index (χ3n) is 1.79. The van der Waals surface area contributed by atoms with E-state index in [2.05, 4.69) is 29.1 Å². The maximum Gasteiger partial charge on any atom is 0.171 e. The standard InChI is InChI=1S/C8H16N4/c1-4-6-12(5-2)8-7-11(3)10-9-8/h7H,4-6H2,1-3H3. The number of rotatable bonds is 4. The predicted octanol–water partition coefficient (Wildman–Crippen LogP) is 1.05.